The van der Waals surface area contributed by atoms with Crippen molar-refractivity contribution >= 4 is 23.2 Å². The van der Waals surface area contributed by atoms with Crippen molar-refractivity contribution < 1.29 is 9.18 Å². The summed E-state index contributed by atoms with van der Waals surface area (Å²) in [5, 5.41) is 3.56. The van der Waals surface area contributed by atoms with Crippen molar-refractivity contribution in [2.24, 2.45) is 0 Å². The van der Waals surface area contributed by atoms with Gasteiger partial charge in [0.2, 0.25) is 0 Å². The van der Waals surface area contributed by atoms with Crippen molar-refractivity contribution in [3.05, 3.63) is 47.3 Å². The van der Waals surface area contributed by atoms with Crippen LogP contribution in [0.5, 0.6) is 0 Å². The Balaban J connectivity index is 1.70. The van der Waals surface area contributed by atoms with Gasteiger partial charge in [0, 0.05) is 35.5 Å². The van der Waals surface area contributed by atoms with Crippen LogP contribution in [0, 0.1) is 5.82 Å². The molecule has 1 N–H and O–H groups in total. The zero-order valence-electron chi connectivity index (χ0n) is 15.4. The third-order valence-corrected chi connectivity index (χ3v) is 7.22. The van der Waals surface area contributed by atoms with E-state index in [1.165, 1.54) is 48.0 Å². The lowest BCUT2D eigenvalue weighted by Crippen LogP contribution is -2.44. The van der Waals surface area contributed by atoms with E-state index in [-0.39, 0.29) is 11.6 Å². The number of piperidine rings is 1. The third-order valence-electron chi connectivity index (χ3n) is 6.11. The van der Waals surface area contributed by atoms with Crippen molar-refractivity contribution in [1.29, 1.82) is 0 Å². The van der Waals surface area contributed by atoms with Crippen molar-refractivity contribution in [2.45, 2.75) is 36.6 Å². The van der Waals surface area contributed by atoms with E-state index in [9.17, 15) is 9.18 Å². The predicted octanol–water partition coefficient (Wildman–Crippen LogP) is 4.46. The minimum atomic E-state index is -0.361. The van der Waals surface area contributed by atoms with Crippen molar-refractivity contribution in [2.75, 3.05) is 30.3 Å². The fraction of sp³-hybridized carbons (Fsp3) is 0.409. The van der Waals surface area contributed by atoms with E-state index in [4.69, 9.17) is 0 Å². The largest absolute Gasteiger partial charge is 0.367 e. The Morgan fingerprint density at radius 3 is 3.04 bits per heavy atom. The zero-order chi connectivity index (χ0) is 18.5. The molecule has 0 amide bonds. The number of nitrogens with one attached hydrogen (secondary N) is 1. The second kappa shape index (κ2) is 6.64. The highest BCUT2D eigenvalue weighted by Crippen LogP contribution is 2.51. The Kier molecular flexibility index (Phi) is 4.25. The lowest BCUT2D eigenvalue weighted by molar-refractivity contribution is 0.101. The minimum Gasteiger partial charge on any atom is -0.367 e. The molecule has 0 aromatic heterocycles. The van der Waals surface area contributed by atoms with Crippen LogP contribution in [0.3, 0.4) is 0 Å². The predicted molar refractivity (Wildman–Crippen MR) is 109 cm³/mol. The van der Waals surface area contributed by atoms with E-state index >= 15 is 0 Å². The molecule has 1 saturated heterocycles. The minimum absolute atomic E-state index is 0.0950. The molecule has 3 aliphatic heterocycles. The number of thioether (sulfide) groups is 1. The molecule has 140 valence electrons. The highest BCUT2D eigenvalue weighted by molar-refractivity contribution is 7.99. The van der Waals surface area contributed by atoms with Gasteiger partial charge in [-0.05, 0) is 73.0 Å². The molecule has 5 heteroatoms. The maximum Gasteiger partial charge on any atom is 0.160 e. The monoisotopic (exact) mass is 382 g/mol. The summed E-state index contributed by atoms with van der Waals surface area (Å²) >= 11 is 1.92. The van der Waals surface area contributed by atoms with Gasteiger partial charge >= 0.3 is 0 Å². The van der Waals surface area contributed by atoms with E-state index < -0.39 is 0 Å². The fourth-order valence-electron chi connectivity index (χ4n) is 4.94. The van der Waals surface area contributed by atoms with E-state index in [1.54, 1.807) is 6.07 Å². The van der Waals surface area contributed by atoms with Gasteiger partial charge in [-0.1, -0.05) is 6.07 Å². The summed E-state index contributed by atoms with van der Waals surface area (Å²) in [7, 11) is 0. The van der Waals surface area contributed by atoms with Crippen LogP contribution in [0.4, 0.5) is 10.1 Å². The summed E-state index contributed by atoms with van der Waals surface area (Å²) in [5.74, 6) is 1.15. The van der Waals surface area contributed by atoms with E-state index in [1.807, 2.05) is 11.8 Å². The Morgan fingerprint density at radius 1 is 1.30 bits per heavy atom. The van der Waals surface area contributed by atoms with Gasteiger partial charge < -0.3 is 10.2 Å². The number of carbonyl (C=O) groups excluding carboxylic acids is 1. The second-order valence-electron chi connectivity index (χ2n) is 7.72. The first-order valence-electron chi connectivity index (χ1n) is 9.72. The number of hydrogen-bond acceptors (Lipinski definition) is 4. The lowest BCUT2D eigenvalue weighted by atomic mass is 9.88. The summed E-state index contributed by atoms with van der Waals surface area (Å²) in [6, 6.07) is 9.63. The number of anilines is 1. The van der Waals surface area contributed by atoms with Crippen LogP contribution < -0.4 is 10.2 Å². The van der Waals surface area contributed by atoms with Gasteiger partial charge in [0.25, 0.3) is 0 Å². The number of carbonyl (C=O) groups is 1. The highest BCUT2D eigenvalue weighted by Gasteiger charge is 2.42. The Labute approximate surface area is 163 Å². The average molecular weight is 383 g/mol. The standard InChI is InChI=1S/C22H23FN2OS/c1-13(26)17-11-15(23)3-4-16(17)14-9-18-19-12-24-6-5-20(19)25-7-2-8-27-21(10-14)22(18)25/h3-4,9-11,19-20,24H,2,5-8,12H2,1H3/t19-,20-/m0/s1. The molecule has 2 atom stereocenters. The molecule has 3 aliphatic rings. The van der Waals surface area contributed by atoms with Crippen LogP contribution in [0.1, 0.15) is 41.6 Å². The van der Waals surface area contributed by atoms with Crippen LogP contribution in [-0.2, 0) is 0 Å². The molecule has 27 heavy (non-hydrogen) atoms. The summed E-state index contributed by atoms with van der Waals surface area (Å²) in [5.41, 5.74) is 5.15. The molecule has 3 nitrogen and oxygen atoms in total. The third kappa shape index (κ3) is 2.79. The maximum absolute atomic E-state index is 13.8. The topological polar surface area (TPSA) is 32.3 Å². The Hall–Kier alpha value is -1.85. The van der Waals surface area contributed by atoms with Crippen LogP contribution in [0.2, 0.25) is 0 Å². The Morgan fingerprint density at radius 2 is 2.19 bits per heavy atom. The lowest BCUT2D eigenvalue weighted by Gasteiger charge is -2.33. The summed E-state index contributed by atoms with van der Waals surface area (Å²) in [4.78, 5) is 16.1. The van der Waals surface area contributed by atoms with Gasteiger partial charge in [-0.3, -0.25) is 4.79 Å². The average Bonchev–Trinajstić information content (AvgIpc) is 2.83. The first-order chi connectivity index (χ1) is 13.1. The molecule has 0 aliphatic carbocycles. The van der Waals surface area contributed by atoms with Crippen molar-refractivity contribution in [3.63, 3.8) is 0 Å². The second-order valence-corrected chi connectivity index (χ2v) is 8.86. The molecule has 0 unspecified atom stereocenters. The number of hydrogen-bond donors (Lipinski definition) is 1. The highest BCUT2D eigenvalue weighted by atomic mass is 32.2. The van der Waals surface area contributed by atoms with Crippen molar-refractivity contribution in [1.82, 2.24) is 5.32 Å². The van der Waals surface area contributed by atoms with Gasteiger partial charge in [0.1, 0.15) is 5.82 Å². The van der Waals surface area contributed by atoms with Gasteiger partial charge in [-0.2, -0.15) is 0 Å². The van der Waals surface area contributed by atoms with Gasteiger partial charge in [0.15, 0.2) is 5.78 Å². The molecule has 0 saturated carbocycles. The number of nitrogens with zero attached hydrogens (tertiary/aromatic N) is 1. The molecular weight excluding hydrogens is 359 g/mol. The van der Waals surface area contributed by atoms with Crippen LogP contribution >= 0.6 is 11.8 Å². The molecule has 5 rings (SSSR count). The summed E-state index contributed by atoms with van der Waals surface area (Å²) in [6.45, 7) is 4.72. The quantitative estimate of drug-likeness (QED) is 0.778. The zero-order valence-corrected chi connectivity index (χ0v) is 16.2. The molecule has 0 spiro atoms. The number of rotatable bonds is 2. The van der Waals surface area contributed by atoms with Crippen molar-refractivity contribution in [3.8, 4) is 11.1 Å². The van der Waals surface area contributed by atoms with E-state index in [0.717, 1.165) is 36.5 Å². The maximum atomic E-state index is 13.8. The Bertz CT molecular complexity index is 929. The smallest absolute Gasteiger partial charge is 0.160 e. The molecule has 0 bridgehead atoms. The summed E-state index contributed by atoms with van der Waals surface area (Å²) < 4.78 is 13.8. The molecular formula is C22H23FN2OS. The molecule has 2 aromatic carbocycles. The first kappa shape index (κ1) is 17.3. The van der Waals surface area contributed by atoms with Crippen LogP contribution in [0.15, 0.2) is 35.2 Å². The van der Waals surface area contributed by atoms with Gasteiger partial charge in [-0.25, -0.2) is 4.39 Å². The molecule has 1 fully saturated rings. The summed E-state index contributed by atoms with van der Waals surface area (Å²) in [6.07, 6.45) is 2.37. The first-order valence-corrected chi connectivity index (χ1v) is 10.7. The molecule has 0 radical (unpaired) electrons. The molecule has 3 heterocycles. The fourth-order valence-corrected chi connectivity index (χ4v) is 6.02. The normalized spacial score (nSPS) is 23.6. The van der Waals surface area contributed by atoms with Gasteiger partial charge in [-0.15, -0.1) is 11.8 Å². The molecule has 2 aromatic rings. The number of halogens is 1. The van der Waals surface area contributed by atoms with Gasteiger partial charge in [0.05, 0.1) is 5.69 Å². The van der Waals surface area contributed by atoms with Crippen LogP contribution in [-0.4, -0.2) is 37.2 Å². The van der Waals surface area contributed by atoms with E-state index in [2.05, 4.69) is 22.3 Å². The number of benzene rings is 2. The van der Waals surface area contributed by atoms with E-state index in [0.29, 0.717) is 17.5 Å². The number of Topliss-reactive ketones (excluding diaryl/α,β-unsaturated/α-hetero) is 1. The van der Waals surface area contributed by atoms with Crippen LogP contribution in [0.25, 0.3) is 11.1 Å². The number of ketones is 1. The SMILES string of the molecule is CC(=O)c1cc(F)ccc1-c1cc2c3c(c1)[C@@H]1CNCC[C@@H]1N3CCCS2. The number of fused-ring (bicyclic) bond motifs is 3.